The Balaban J connectivity index is 3.40. The van der Waals surface area contributed by atoms with Crippen LogP contribution in [0.25, 0.3) is 0 Å². The zero-order chi connectivity index (χ0) is 16.2. The third-order valence-electron chi connectivity index (χ3n) is 2.39. The molecule has 21 heavy (non-hydrogen) atoms. The number of ether oxygens (including phenoxy) is 1. The van der Waals surface area contributed by atoms with Crippen molar-refractivity contribution in [3.8, 4) is 0 Å². The Hall–Kier alpha value is -1.02. The Bertz CT molecular complexity index is 546. The molecule has 0 N–H and O–H groups in total. The van der Waals surface area contributed by atoms with Crippen LogP contribution in [0.5, 0.6) is 0 Å². The second kappa shape index (κ2) is 7.31. The summed E-state index contributed by atoms with van der Waals surface area (Å²) in [5, 5.41) is 0. The molecule has 0 aliphatic heterocycles. The van der Waals surface area contributed by atoms with Crippen molar-refractivity contribution in [3.05, 3.63) is 29.3 Å². The minimum atomic E-state index is -4.58. The third-order valence-corrected chi connectivity index (χ3v) is 4.42. The van der Waals surface area contributed by atoms with Crippen LogP contribution < -0.4 is 0 Å². The Morgan fingerprint density at radius 1 is 1.38 bits per heavy atom. The van der Waals surface area contributed by atoms with Gasteiger partial charge in [-0.15, -0.1) is 0 Å². The number of carbonyl (C=O) groups is 2. The molecule has 0 fully saturated rings. The molecule has 0 aromatic heterocycles. The summed E-state index contributed by atoms with van der Waals surface area (Å²) in [5.74, 6) is -1.21. The van der Waals surface area contributed by atoms with Gasteiger partial charge < -0.3 is 4.74 Å². The number of esters is 1. The van der Waals surface area contributed by atoms with E-state index in [0.717, 1.165) is 0 Å². The highest BCUT2D eigenvalue weighted by Gasteiger charge is 2.34. The van der Waals surface area contributed by atoms with Crippen LogP contribution in [-0.2, 0) is 9.53 Å². The summed E-state index contributed by atoms with van der Waals surface area (Å²) in [6.45, 7) is 2.85. The summed E-state index contributed by atoms with van der Waals surface area (Å²) in [6, 6.07) is 4.03. The summed E-state index contributed by atoms with van der Waals surface area (Å²) < 4.78 is 42.9. The molecule has 1 rings (SSSR count). The molecule has 116 valence electrons. The molecule has 8 heteroatoms. The van der Waals surface area contributed by atoms with Crippen LogP contribution in [0, 0.1) is 0 Å². The number of ketones is 1. The lowest BCUT2D eigenvalue weighted by Gasteiger charge is -2.17. The molecule has 0 aliphatic rings. The highest BCUT2D eigenvalue weighted by molar-refractivity contribution is 9.09. The summed E-state index contributed by atoms with van der Waals surface area (Å²) in [7, 11) is 0. The molecular weight excluding hydrogens is 373 g/mol. The van der Waals surface area contributed by atoms with Gasteiger partial charge in [0, 0.05) is 4.90 Å². The maximum absolute atomic E-state index is 12.7. The average Bonchev–Trinajstić information content (AvgIpc) is 2.36. The maximum atomic E-state index is 12.7. The second-order valence-corrected chi connectivity index (χ2v) is 5.96. The van der Waals surface area contributed by atoms with E-state index < -0.39 is 28.1 Å². The molecule has 0 radical (unpaired) electrons. The predicted octanol–water partition coefficient (Wildman–Crippen LogP) is 4.50. The van der Waals surface area contributed by atoms with E-state index in [2.05, 4.69) is 15.9 Å². The van der Waals surface area contributed by atoms with Crippen LogP contribution in [0.3, 0.4) is 0 Å². The van der Waals surface area contributed by atoms with Gasteiger partial charge in [0.1, 0.15) is 5.78 Å². The van der Waals surface area contributed by atoms with Crippen LogP contribution in [0.1, 0.15) is 34.6 Å². The zero-order valence-electron chi connectivity index (χ0n) is 11.2. The number of halogens is 4. The van der Waals surface area contributed by atoms with E-state index in [1.165, 1.54) is 25.1 Å². The first kappa shape index (κ1) is 18.0. The van der Waals surface area contributed by atoms with Gasteiger partial charge in [0.25, 0.3) is 0 Å². The zero-order valence-corrected chi connectivity index (χ0v) is 13.6. The fourth-order valence-corrected chi connectivity index (χ4v) is 2.90. The largest absolute Gasteiger partial charge is 0.462 e. The number of thioether (sulfide) groups is 1. The Kier molecular flexibility index (Phi) is 6.27. The Labute approximate surface area is 132 Å². The first-order chi connectivity index (χ1) is 9.67. The van der Waals surface area contributed by atoms with Gasteiger partial charge in [-0.2, -0.15) is 13.2 Å². The minimum absolute atomic E-state index is 0.0453. The predicted molar refractivity (Wildman–Crippen MR) is 76.7 cm³/mol. The average molecular weight is 385 g/mol. The van der Waals surface area contributed by atoms with Crippen LogP contribution in [-0.4, -0.2) is 23.9 Å². The first-order valence-corrected chi connectivity index (χ1v) is 7.61. The monoisotopic (exact) mass is 384 g/mol. The number of hydrogen-bond donors (Lipinski definition) is 0. The molecular formula is C13H12BrF3O3S. The van der Waals surface area contributed by atoms with Crippen molar-refractivity contribution < 1.29 is 27.5 Å². The van der Waals surface area contributed by atoms with E-state index in [1.807, 2.05) is 0 Å². The van der Waals surface area contributed by atoms with Crippen molar-refractivity contribution in [2.75, 3.05) is 6.61 Å². The molecule has 0 saturated heterocycles. The summed E-state index contributed by atoms with van der Waals surface area (Å²) in [5.41, 5.74) is -4.70. The molecule has 1 atom stereocenters. The normalized spacial score (nSPS) is 12.9. The van der Waals surface area contributed by atoms with Crippen molar-refractivity contribution in [2.45, 2.75) is 29.1 Å². The molecule has 1 aromatic rings. The SMILES string of the molecule is CCOC(=O)c1cccc(C(Br)C(C)=O)c1SC(F)(F)F. The molecule has 3 nitrogen and oxygen atoms in total. The van der Waals surface area contributed by atoms with Crippen molar-refractivity contribution in [2.24, 2.45) is 0 Å². The summed E-state index contributed by atoms with van der Waals surface area (Å²) in [6.07, 6.45) is 0. The number of Topliss-reactive ketones (excluding diaryl/α,β-unsaturated/α-hetero) is 1. The minimum Gasteiger partial charge on any atom is -0.462 e. The standard InChI is InChI=1S/C13H12BrF3O3S/c1-3-20-12(19)9-6-4-5-8(10(14)7(2)18)11(9)21-13(15,16)17/h4-6,10H,3H2,1-2H3. The van der Waals surface area contributed by atoms with Gasteiger partial charge >= 0.3 is 11.5 Å². The van der Waals surface area contributed by atoms with E-state index in [4.69, 9.17) is 4.74 Å². The van der Waals surface area contributed by atoms with E-state index in [-0.39, 0.29) is 28.4 Å². The highest BCUT2D eigenvalue weighted by Crippen LogP contribution is 2.43. The second-order valence-electron chi connectivity index (χ2n) is 3.97. The number of benzene rings is 1. The summed E-state index contributed by atoms with van der Waals surface area (Å²) in [4.78, 5) is 22.0. The molecule has 1 aromatic carbocycles. The number of carbonyl (C=O) groups excluding carboxylic acids is 2. The molecule has 1 unspecified atom stereocenters. The van der Waals surface area contributed by atoms with E-state index in [0.29, 0.717) is 0 Å². The van der Waals surface area contributed by atoms with Gasteiger partial charge in [0.05, 0.1) is 17.0 Å². The van der Waals surface area contributed by atoms with Gasteiger partial charge in [-0.1, -0.05) is 28.1 Å². The lowest BCUT2D eigenvalue weighted by atomic mass is 10.1. The molecule has 0 bridgehead atoms. The fourth-order valence-electron chi connectivity index (χ4n) is 1.57. The molecule has 0 saturated carbocycles. The molecule has 0 aliphatic carbocycles. The topological polar surface area (TPSA) is 43.4 Å². The number of rotatable bonds is 5. The van der Waals surface area contributed by atoms with Crippen LogP contribution in [0.15, 0.2) is 23.1 Å². The number of hydrogen-bond acceptors (Lipinski definition) is 4. The number of alkyl halides is 4. The molecule has 0 amide bonds. The van der Waals surface area contributed by atoms with Crippen LogP contribution >= 0.6 is 27.7 Å². The van der Waals surface area contributed by atoms with Crippen LogP contribution in [0.4, 0.5) is 13.2 Å². The van der Waals surface area contributed by atoms with Gasteiger partial charge in [-0.25, -0.2) is 4.79 Å². The quantitative estimate of drug-likeness (QED) is 0.425. The van der Waals surface area contributed by atoms with Gasteiger partial charge in [0.15, 0.2) is 0 Å². The van der Waals surface area contributed by atoms with Crippen molar-refractivity contribution >= 4 is 39.4 Å². The first-order valence-electron chi connectivity index (χ1n) is 5.87. The van der Waals surface area contributed by atoms with Crippen LogP contribution in [0.2, 0.25) is 0 Å². The van der Waals surface area contributed by atoms with Crippen molar-refractivity contribution in [1.82, 2.24) is 0 Å². The Morgan fingerprint density at radius 3 is 2.48 bits per heavy atom. The lowest BCUT2D eigenvalue weighted by molar-refractivity contribution is -0.116. The van der Waals surface area contributed by atoms with E-state index in [1.54, 1.807) is 6.92 Å². The van der Waals surface area contributed by atoms with Crippen molar-refractivity contribution in [3.63, 3.8) is 0 Å². The highest BCUT2D eigenvalue weighted by atomic mass is 79.9. The van der Waals surface area contributed by atoms with Gasteiger partial charge in [0.2, 0.25) is 0 Å². The molecule has 0 spiro atoms. The van der Waals surface area contributed by atoms with Gasteiger partial charge in [-0.3, -0.25) is 4.79 Å². The van der Waals surface area contributed by atoms with Crippen molar-refractivity contribution in [1.29, 1.82) is 0 Å². The van der Waals surface area contributed by atoms with E-state index in [9.17, 15) is 22.8 Å². The fraction of sp³-hybridized carbons (Fsp3) is 0.385. The molecule has 0 heterocycles. The van der Waals surface area contributed by atoms with Gasteiger partial charge in [-0.05, 0) is 37.2 Å². The summed E-state index contributed by atoms with van der Waals surface area (Å²) >= 11 is 2.62. The smallest absolute Gasteiger partial charge is 0.446 e. The Morgan fingerprint density at radius 2 is 2.00 bits per heavy atom. The third kappa shape index (κ3) is 5.03. The van der Waals surface area contributed by atoms with E-state index >= 15 is 0 Å². The maximum Gasteiger partial charge on any atom is 0.446 e. The lowest BCUT2D eigenvalue weighted by Crippen LogP contribution is -2.12.